The van der Waals surface area contributed by atoms with Crippen LogP contribution in [0.5, 0.6) is 11.5 Å². The molecule has 128 valence electrons. The van der Waals surface area contributed by atoms with Crippen molar-refractivity contribution < 1.29 is 14.3 Å². The van der Waals surface area contributed by atoms with Crippen molar-refractivity contribution in [3.63, 3.8) is 0 Å². The summed E-state index contributed by atoms with van der Waals surface area (Å²) in [6, 6.07) is 14.0. The van der Waals surface area contributed by atoms with Crippen LogP contribution in [-0.2, 0) is 13.2 Å². The highest BCUT2D eigenvalue weighted by Crippen LogP contribution is 2.21. The first-order valence-corrected chi connectivity index (χ1v) is 8.71. The zero-order valence-corrected chi connectivity index (χ0v) is 14.7. The van der Waals surface area contributed by atoms with Gasteiger partial charge in [0.1, 0.15) is 29.7 Å². The third-order valence-corrected chi connectivity index (χ3v) is 4.43. The number of hydrogen-bond donors (Lipinski definition) is 1. The van der Waals surface area contributed by atoms with E-state index in [1.54, 1.807) is 48.5 Å². The van der Waals surface area contributed by atoms with E-state index in [-0.39, 0.29) is 6.61 Å². The van der Waals surface area contributed by atoms with E-state index in [4.69, 9.17) is 26.8 Å². The molecule has 25 heavy (non-hydrogen) atoms. The highest BCUT2D eigenvalue weighted by Gasteiger charge is 2.10. The lowest BCUT2D eigenvalue weighted by atomic mass is 10.2. The number of hydrogen-bond acceptors (Lipinski definition) is 5. The molecule has 0 aliphatic rings. The maximum Gasteiger partial charge on any atom is 0.252 e. The van der Waals surface area contributed by atoms with Crippen LogP contribution in [-0.4, -0.2) is 10.9 Å². The first-order valence-electron chi connectivity index (χ1n) is 7.45. The first-order chi connectivity index (χ1) is 12.1. The molecule has 0 radical (unpaired) electrons. The Hall–Kier alpha value is -2.57. The summed E-state index contributed by atoms with van der Waals surface area (Å²) in [7, 11) is 0. The fraction of sp³-hybridized carbons (Fsp3) is 0.111. The van der Waals surface area contributed by atoms with Crippen molar-refractivity contribution in [1.82, 2.24) is 4.98 Å². The van der Waals surface area contributed by atoms with E-state index in [0.29, 0.717) is 22.9 Å². The van der Waals surface area contributed by atoms with E-state index < -0.39 is 5.91 Å². The zero-order valence-electron chi connectivity index (χ0n) is 13.1. The number of aromatic nitrogens is 1. The molecule has 2 N–H and O–H groups in total. The minimum absolute atomic E-state index is 0.252. The Morgan fingerprint density at radius 1 is 1.08 bits per heavy atom. The lowest BCUT2D eigenvalue weighted by Gasteiger charge is -2.07. The summed E-state index contributed by atoms with van der Waals surface area (Å²) < 4.78 is 11.3. The number of benzene rings is 2. The Morgan fingerprint density at radius 3 is 2.60 bits per heavy atom. The lowest BCUT2D eigenvalue weighted by molar-refractivity contribution is 0.0996. The second-order valence-corrected chi connectivity index (χ2v) is 6.50. The van der Waals surface area contributed by atoms with Crippen LogP contribution in [0, 0.1) is 0 Å². The number of primary amides is 1. The summed E-state index contributed by atoms with van der Waals surface area (Å²) in [5.74, 6) is 0.653. The summed E-state index contributed by atoms with van der Waals surface area (Å²) in [4.78, 5) is 15.8. The predicted octanol–water partition coefficient (Wildman–Crippen LogP) is 4.05. The van der Waals surface area contributed by atoms with Crippen molar-refractivity contribution in [3.8, 4) is 11.5 Å². The number of para-hydroxylation sites is 1. The van der Waals surface area contributed by atoms with Crippen molar-refractivity contribution in [3.05, 3.63) is 75.2 Å². The second kappa shape index (κ2) is 8.00. The van der Waals surface area contributed by atoms with Crippen LogP contribution < -0.4 is 15.2 Å². The van der Waals surface area contributed by atoms with Gasteiger partial charge >= 0.3 is 0 Å². The molecule has 0 atom stereocenters. The smallest absolute Gasteiger partial charge is 0.252 e. The summed E-state index contributed by atoms with van der Waals surface area (Å²) in [6.07, 6.45) is 0. The molecule has 1 aromatic heterocycles. The van der Waals surface area contributed by atoms with Gasteiger partial charge in [0, 0.05) is 10.4 Å². The van der Waals surface area contributed by atoms with Gasteiger partial charge in [-0.2, -0.15) is 0 Å². The molecule has 0 saturated carbocycles. The minimum atomic E-state index is -0.522. The number of carbonyl (C=O) groups excluding carboxylic acids is 1. The molecule has 3 rings (SSSR count). The Bertz CT molecular complexity index is 865. The summed E-state index contributed by atoms with van der Waals surface area (Å²) >= 11 is 7.32. The molecule has 2 aromatic carbocycles. The van der Waals surface area contributed by atoms with Gasteiger partial charge in [-0.1, -0.05) is 23.7 Å². The van der Waals surface area contributed by atoms with Gasteiger partial charge in [-0.25, -0.2) is 4.98 Å². The second-order valence-electron chi connectivity index (χ2n) is 5.12. The zero-order chi connectivity index (χ0) is 17.6. The van der Waals surface area contributed by atoms with Gasteiger partial charge in [0.15, 0.2) is 0 Å². The molecular formula is C18H15ClN2O3S. The average Bonchev–Trinajstić information content (AvgIpc) is 3.07. The van der Waals surface area contributed by atoms with E-state index in [2.05, 4.69) is 4.98 Å². The van der Waals surface area contributed by atoms with E-state index >= 15 is 0 Å². The summed E-state index contributed by atoms with van der Waals surface area (Å²) in [5.41, 5.74) is 6.45. The molecule has 0 saturated heterocycles. The van der Waals surface area contributed by atoms with E-state index in [0.717, 1.165) is 16.5 Å². The molecule has 0 spiro atoms. The van der Waals surface area contributed by atoms with Crippen LogP contribution in [0.4, 0.5) is 0 Å². The monoisotopic (exact) mass is 374 g/mol. The van der Waals surface area contributed by atoms with Crippen LogP contribution in [0.2, 0.25) is 5.02 Å². The molecule has 1 amide bonds. The molecule has 7 heteroatoms. The lowest BCUT2D eigenvalue weighted by Crippen LogP contribution is -2.13. The van der Waals surface area contributed by atoms with Gasteiger partial charge < -0.3 is 15.2 Å². The van der Waals surface area contributed by atoms with Crippen molar-refractivity contribution in [2.75, 3.05) is 0 Å². The maximum atomic E-state index is 11.4. The van der Waals surface area contributed by atoms with Crippen molar-refractivity contribution in [1.29, 1.82) is 0 Å². The van der Waals surface area contributed by atoms with E-state index in [1.165, 1.54) is 11.3 Å². The molecule has 0 fully saturated rings. The highest BCUT2D eigenvalue weighted by molar-refractivity contribution is 7.09. The van der Waals surface area contributed by atoms with Gasteiger partial charge in [-0.3, -0.25) is 4.79 Å². The van der Waals surface area contributed by atoms with E-state index in [9.17, 15) is 4.79 Å². The van der Waals surface area contributed by atoms with Gasteiger partial charge in [-0.05, 0) is 36.4 Å². The average molecular weight is 375 g/mol. The van der Waals surface area contributed by atoms with Gasteiger partial charge in [-0.15, -0.1) is 11.3 Å². The SMILES string of the molecule is NC(=O)c1ccccc1OCc1csc(COc2ccc(Cl)cc2)n1. The largest absolute Gasteiger partial charge is 0.486 e. The summed E-state index contributed by atoms with van der Waals surface area (Å²) in [6.45, 7) is 0.617. The number of rotatable bonds is 7. The number of nitrogens with zero attached hydrogens (tertiary/aromatic N) is 1. The van der Waals surface area contributed by atoms with Gasteiger partial charge in [0.25, 0.3) is 5.91 Å². The Balaban J connectivity index is 1.57. The molecule has 1 heterocycles. The minimum Gasteiger partial charge on any atom is -0.486 e. The topological polar surface area (TPSA) is 74.4 Å². The van der Waals surface area contributed by atoms with Gasteiger partial charge in [0.2, 0.25) is 0 Å². The number of ether oxygens (including phenoxy) is 2. The van der Waals surface area contributed by atoms with Gasteiger partial charge in [0.05, 0.1) is 11.3 Å². The van der Waals surface area contributed by atoms with E-state index in [1.807, 2.05) is 5.38 Å². The fourth-order valence-corrected chi connectivity index (χ4v) is 2.92. The van der Waals surface area contributed by atoms with Crippen LogP contribution in [0.3, 0.4) is 0 Å². The Kier molecular flexibility index (Phi) is 5.53. The quantitative estimate of drug-likeness (QED) is 0.676. The van der Waals surface area contributed by atoms with Crippen molar-refractivity contribution >= 4 is 28.8 Å². The molecule has 0 aliphatic carbocycles. The number of carbonyl (C=O) groups is 1. The molecule has 0 aliphatic heterocycles. The van der Waals surface area contributed by atoms with Crippen LogP contribution in [0.25, 0.3) is 0 Å². The van der Waals surface area contributed by atoms with Crippen LogP contribution >= 0.6 is 22.9 Å². The molecular weight excluding hydrogens is 360 g/mol. The number of nitrogens with two attached hydrogens (primary N) is 1. The Labute approximate surface area is 154 Å². The van der Waals surface area contributed by atoms with Crippen LogP contribution in [0.1, 0.15) is 21.1 Å². The standard InChI is InChI=1S/C18H15ClN2O3S/c19-12-5-7-14(8-6-12)23-10-17-21-13(11-25-17)9-24-16-4-2-1-3-15(16)18(20)22/h1-8,11H,9-10H2,(H2,20,22). The number of amides is 1. The first kappa shape index (κ1) is 17.3. The third kappa shape index (κ3) is 4.71. The molecule has 3 aromatic rings. The predicted molar refractivity (Wildman–Crippen MR) is 97.2 cm³/mol. The van der Waals surface area contributed by atoms with Crippen molar-refractivity contribution in [2.45, 2.75) is 13.2 Å². The normalized spacial score (nSPS) is 10.4. The van der Waals surface area contributed by atoms with Crippen LogP contribution in [0.15, 0.2) is 53.9 Å². The third-order valence-electron chi connectivity index (χ3n) is 3.30. The molecule has 0 unspecified atom stereocenters. The summed E-state index contributed by atoms with van der Waals surface area (Å²) in [5, 5.41) is 3.39. The number of thiazole rings is 1. The molecule has 5 nitrogen and oxygen atoms in total. The fourth-order valence-electron chi connectivity index (χ4n) is 2.11. The maximum absolute atomic E-state index is 11.4. The molecule has 0 bridgehead atoms. The van der Waals surface area contributed by atoms with Crippen molar-refractivity contribution in [2.24, 2.45) is 5.73 Å². The highest BCUT2D eigenvalue weighted by atomic mass is 35.5. The number of halogens is 1. The Morgan fingerprint density at radius 2 is 1.84 bits per heavy atom.